The molecule has 19 heavy (non-hydrogen) atoms. The van der Waals surface area contributed by atoms with Crippen molar-refractivity contribution >= 4 is 22.3 Å². The number of hydrogen-bond acceptors (Lipinski definition) is 3. The summed E-state index contributed by atoms with van der Waals surface area (Å²) < 4.78 is 38.7. The van der Waals surface area contributed by atoms with Crippen molar-refractivity contribution in [3.8, 4) is 0 Å². The Morgan fingerprint density at radius 3 is 2.58 bits per heavy atom. The highest BCUT2D eigenvalue weighted by Gasteiger charge is 2.63. The number of anilines is 2. The van der Waals surface area contributed by atoms with Crippen LogP contribution in [0.1, 0.15) is 12.8 Å². The SMILES string of the molecule is Nc1c(NC2(C(F)(F)F)CC2)ccc2ncccc12. The Balaban J connectivity index is 2.01. The van der Waals surface area contributed by atoms with Crippen LogP contribution in [-0.2, 0) is 0 Å². The zero-order valence-electron chi connectivity index (χ0n) is 9.96. The zero-order valence-corrected chi connectivity index (χ0v) is 9.96. The Morgan fingerprint density at radius 1 is 1.21 bits per heavy atom. The van der Waals surface area contributed by atoms with E-state index in [1.165, 1.54) is 0 Å². The number of nitrogens with one attached hydrogen (secondary N) is 1. The first-order chi connectivity index (χ1) is 8.93. The topological polar surface area (TPSA) is 50.9 Å². The number of nitrogens with zero attached hydrogens (tertiary/aromatic N) is 1. The van der Waals surface area contributed by atoms with E-state index in [9.17, 15) is 13.2 Å². The first-order valence-electron chi connectivity index (χ1n) is 5.91. The number of aromatic nitrogens is 1. The molecule has 1 aromatic carbocycles. The van der Waals surface area contributed by atoms with Crippen LogP contribution < -0.4 is 11.1 Å². The lowest BCUT2D eigenvalue weighted by Gasteiger charge is -2.23. The second-order valence-electron chi connectivity index (χ2n) is 4.80. The minimum Gasteiger partial charge on any atom is -0.397 e. The number of nitrogens with two attached hydrogens (primary N) is 1. The Hall–Kier alpha value is -1.98. The molecule has 1 fully saturated rings. The summed E-state index contributed by atoms with van der Waals surface area (Å²) in [6.07, 6.45) is -2.47. The van der Waals surface area contributed by atoms with E-state index >= 15 is 0 Å². The molecule has 1 aliphatic carbocycles. The number of nitrogen functional groups attached to an aromatic ring is 1. The summed E-state index contributed by atoms with van der Waals surface area (Å²) in [7, 11) is 0. The molecule has 0 spiro atoms. The Labute approximate surface area is 107 Å². The maximum atomic E-state index is 12.9. The molecule has 0 aliphatic heterocycles. The standard InChI is InChI=1S/C13H12F3N3/c14-13(15,16)12(5-6-12)19-10-4-3-9-8(11(10)17)2-1-7-18-9/h1-4,7,19H,5-6,17H2. The molecule has 2 aromatic rings. The normalized spacial score (nSPS) is 17.4. The second-order valence-corrected chi connectivity index (χ2v) is 4.80. The van der Waals surface area contributed by atoms with E-state index in [1.54, 1.807) is 30.5 Å². The van der Waals surface area contributed by atoms with Crippen LogP contribution in [0, 0.1) is 0 Å². The molecule has 1 heterocycles. The fourth-order valence-corrected chi connectivity index (χ4v) is 2.15. The minimum absolute atomic E-state index is 0.0843. The maximum absolute atomic E-state index is 12.9. The number of benzene rings is 1. The van der Waals surface area contributed by atoms with Crippen molar-refractivity contribution in [2.75, 3.05) is 11.1 Å². The first kappa shape index (κ1) is 12.1. The highest BCUT2D eigenvalue weighted by atomic mass is 19.4. The summed E-state index contributed by atoms with van der Waals surface area (Å²) in [6, 6.07) is 6.67. The Kier molecular flexibility index (Phi) is 2.39. The summed E-state index contributed by atoms with van der Waals surface area (Å²) in [5.74, 6) is 0. The van der Waals surface area contributed by atoms with Gasteiger partial charge in [0.05, 0.1) is 16.9 Å². The van der Waals surface area contributed by atoms with Gasteiger partial charge in [-0.05, 0) is 37.1 Å². The van der Waals surface area contributed by atoms with Crippen molar-refractivity contribution in [1.29, 1.82) is 0 Å². The quantitative estimate of drug-likeness (QED) is 0.821. The van der Waals surface area contributed by atoms with Gasteiger partial charge >= 0.3 is 6.18 Å². The number of alkyl halides is 3. The Bertz CT molecular complexity index is 633. The summed E-state index contributed by atoms with van der Waals surface area (Å²) in [5, 5.41) is 3.21. The van der Waals surface area contributed by atoms with Crippen LogP contribution in [-0.4, -0.2) is 16.7 Å². The van der Waals surface area contributed by atoms with Gasteiger partial charge in [0.15, 0.2) is 0 Å². The molecule has 6 heteroatoms. The molecule has 100 valence electrons. The van der Waals surface area contributed by atoms with Crippen molar-refractivity contribution in [2.24, 2.45) is 0 Å². The molecule has 1 saturated carbocycles. The van der Waals surface area contributed by atoms with Crippen molar-refractivity contribution in [3.05, 3.63) is 30.5 Å². The molecule has 3 N–H and O–H groups in total. The van der Waals surface area contributed by atoms with Crippen LogP contribution in [0.3, 0.4) is 0 Å². The van der Waals surface area contributed by atoms with Gasteiger partial charge in [0.1, 0.15) is 5.54 Å². The molecule has 0 unspecified atom stereocenters. The summed E-state index contributed by atoms with van der Waals surface area (Å²) in [4.78, 5) is 4.11. The summed E-state index contributed by atoms with van der Waals surface area (Å²) in [5.41, 5.74) is 5.41. The lowest BCUT2D eigenvalue weighted by atomic mass is 10.1. The van der Waals surface area contributed by atoms with Crippen LogP contribution in [0.4, 0.5) is 24.5 Å². The molecule has 3 rings (SSSR count). The van der Waals surface area contributed by atoms with Crippen molar-refractivity contribution in [2.45, 2.75) is 24.6 Å². The summed E-state index contributed by atoms with van der Waals surface area (Å²) in [6.45, 7) is 0. The molecule has 0 radical (unpaired) electrons. The fourth-order valence-electron chi connectivity index (χ4n) is 2.15. The number of pyridine rings is 1. The van der Waals surface area contributed by atoms with Crippen molar-refractivity contribution < 1.29 is 13.2 Å². The number of rotatable bonds is 2. The van der Waals surface area contributed by atoms with E-state index in [1.807, 2.05) is 0 Å². The van der Waals surface area contributed by atoms with Crippen LogP contribution in [0.25, 0.3) is 10.9 Å². The summed E-state index contributed by atoms with van der Waals surface area (Å²) >= 11 is 0. The monoisotopic (exact) mass is 267 g/mol. The largest absolute Gasteiger partial charge is 0.411 e. The van der Waals surface area contributed by atoms with Gasteiger partial charge in [-0.25, -0.2) is 0 Å². The predicted octanol–water partition coefficient (Wildman–Crippen LogP) is 3.32. The zero-order chi connectivity index (χ0) is 13.7. The molecule has 0 bridgehead atoms. The van der Waals surface area contributed by atoms with Gasteiger partial charge in [0.2, 0.25) is 0 Å². The lowest BCUT2D eigenvalue weighted by Crippen LogP contribution is -2.38. The van der Waals surface area contributed by atoms with E-state index in [0.29, 0.717) is 22.3 Å². The van der Waals surface area contributed by atoms with E-state index < -0.39 is 11.7 Å². The molecular formula is C13H12F3N3. The molecule has 0 saturated heterocycles. The van der Waals surface area contributed by atoms with Gasteiger partial charge in [-0.3, -0.25) is 4.98 Å². The Morgan fingerprint density at radius 2 is 1.95 bits per heavy atom. The molecule has 0 atom stereocenters. The number of halogens is 3. The molecule has 1 aliphatic rings. The predicted molar refractivity (Wildman–Crippen MR) is 67.8 cm³/mol. The van der Waals surface area contributed by atoms with Crippen LogP contribution in [0.5, 0.6) is 0 Å². The third-order valence-corrected chi connectivity index (χ3v) is 3.49. The minimum atomic E-state index is -4.26. The highest BCUT2D eigenvalue weighted by molar-refractivity contribution is 5.97. The van der Waals surface area contributed by atoms with E-state index in [-0.39, 0.29) is 12.8 Å². The van der Waals surface area contributed by atoms with E-state index in [2.05, 4.69) is 10.3 Å². The average molecular weight is 267 g/mol. The van der Waals surface area contributed by atoms with Crippen LogP contribution in [0.15, 0.2) is 30.5 Å². The highest BCUT2D eigenvalue weighted by Crippen LogP contribution is 2.52. The van der Waals surface area contributed by atoms with Crippen LogP contribution in [0.2, 0.25) is 0 Å². The van der Waals surface area contributed by atoms with Gasteiger partial charge in [-0.2, -0.15) is 13.2 Å². The number of fused-ring (bicyclic) bond motifs is 1. The first-order valence-corrected chi connectivity index (χ1v) is 5.91. The van der Waals surface area contributed by atoms with Crippen molar-refractivity contribution in [1.82, 2.24) is 4.98 Å². The lowest BCUT2D eigenvalue weighted by molar-refractivity contribution is -0.151. The van der Waals surface area contributed by atoms with Gasteiger partial charge in [0, 0.05) is 11.6 Å². The molecular weight excluding hydrogens is 255 g/mol. The third-order valence-electron chi connectivity index (χ3n) is 3.49. The van der Waals surface area contributed by atoms with E-state index in [0.717, 1.165) is 0 Å². The van der Waals surface area contributed by atoms with E-state index in [4.69, 9.17) is 5.73 Å². The van der Waals surface area contributed by atoms with Gasteiger partial charge in [-0.1, -0.05) is 0 Å². The molecule has 1 aromatic heterocycles. The number of hydrogen-bond donors (Lipinski definition) is 2. The fraction of sp³-hybridized carbons (Fsp3) is 0.308. The second kappa shape index (κ2) is 3.76. The van der Waals surface area contributed by atoms with Crippen molar-refractivity contribution in [3.63, 3.8) is 0 Å². The third kappa shape index (κ3) is 1.87. The molecule has 0 amide bonds. The smallest absolute Gasteiger partial charge is 0.397 e. The van der Waals surface area contributed by atoms with Gasteiger partial charge in [0.25, 0.3) is 0 Å². The molecule has 3 nitrogen and oxygen atoms in total. The maximum Gasteiger partial charge on any atom is 0.411 e. The van der Waals surface area contributed by atoms with Gasteiger partial charge in [-0.15, -0.1) is 0 Å². The van der Waals surface area contributed by atoms with Crippen LogP contribution >= 0.6 is 0 Å². The van der Waals surface area contributed by atoms with Gasteiger partial charge < -0.3 is 11.1 Å². The average Bonchev–Trinajstić information content (AvgIpc) is 3.14.